The first-order valence-corrected chi connectivity index (χ1v) is 8.64. The Kier molecular flexibility index (Phi) is 4.40. The molecule has 1 fully saturated rings. The first kappa shape index (κ1) is 14.4. The molecule has 0 bridgehead atoms. The maximum atomic E-state index is 4.95. The standard InChI is InChI=1S/C15H26N4S/c1-11(2)19-7-4-13-14(10-19)20-15(17-13)12(3)18-8-5-16-6-9-18/h11-12,16H,4-10H2,1-3H3. The van der Waals surface area contributed by atoms with Gasteiger partial charge in [0.05, 0.1) is 11.7 Å². The van der Waals surface area contributed by atoms with Crippen LogP contribution >= 0.6 is 11.3 Å². The Morgan fingerprint density at radius 1 is 1.10 bits per heavy atom. The lowest BCUT2D eigenvalue weighted by Crippen LogP contribution is -2.44. The summed E-state index contributed by atoms with van der Waals surface area (Å²) in [6.07, 6.45) is 1.12. The Bertz CT molecular complexity index is 451. The van der Waals surface area contributed by atoms with E-state index in [0.717, 1.165) is 45.7 Å². The largest absolute Gasteiger partial charge is 0.314 e. The molecule has 1 atom stereocenters. The van der Waals surface area contributed by atoms with Crippen molar-refractivity contribution >= 4 is 11.3 Å². The molecule has 1 aromatic heterocycles. The molecule has 20 heavy (non-hydrogen) atoms. The van der Waals surface area contributed by atoms with E-state index >= 15 is 0 Å². The van der Waals surface area contributed by atoms with Crippen molar-refractivity contribution in [1.29, 1.82) is 0 Å². The van der Waals surface area contributed by atoms with Gasteiger partial charge in [0.1, 0.15) is 5.01 Å². The molecule has 1 saturated heterocycles. The van der Waals surface area contributed by atoms with Gasteiger partial charge >= 0.3 is 0 Å². The van der Waals surface area contributed by atoms with Gasteiger partial charge in [0.15, 0.2) is 0 Å². The van der Waals surface area contributed by atoms with E-state index in [9.17, 15) is 0 Å². The molecule has 2 aliphatic heterocycles. The van der Waals surface area contributed by atoms with Crippen molar-refractivity contribution in [3.05, 3.63) is 15.6 Å². The number of hydrogen-bond donors (Lipinski definition) is 1. The summed E-state index contributed by atoms with van der Waals surface area (Å²) >= 11 is 1.94. The highest BCUT2D eigenvalue weighted by Gasteiger charge is 2.26. The smallest absolute Gasteiger partial charge is 0.110 e. The second-order valence-corrected chi connectivity index (χ2v) is 7.31. The zero-order valence-corrected chi connectivity index (χ0v) is 13.7. The topological polar surface area (TPSA) is 31.4 Å². The molecular weight excluding hydrogens is 268 g/mol. The Hall–Kier alpha value is -0.490. The molecule has 0 radical (unpaired) electrons. The van der Waals surface area contributed by atoms with Crippen LogP contribution in [0.25, 0.3) is 0 Å². The average Bonchev–Trinajstić information content (AvgIpc) is 2.90. The lowest BCUT2D eigenvalue weighted by atomic mass is 10.1. The molecule has 3 heterocycles. The minimum Gasteiger partial charge on any atom is -0.314 e. The summed E-state index contributed by atoms with van der Waals surface area (Å²) in [6.45, 7) is 13.7. The minimum atomic E-state index is 0.472. The second-order valence-electron chi connectivity index (χ2n) is 6.20. The zero-order chi connectivity index (χ0) is 14.1. The van der Waals surface area contributed by atoms with E-state index in [1.165, 1.54) is 15.6 Å². The van der Waals surface area contributed by atoms with Gasteiger partial charge in [-0.2, -0.15) is 0 Å². The normalized spacial score (nSPS) is 23.0. The molecule has 2 aliphatic rings. The maximum absolute atomic E-state index is 4.95. The van der Waals surface area contributed by atoms with Gasteiger partial charge in [-0.15, -0.1) is 11.3 Å². The Morgan fingerprint density at radius 2 is 1.85 bits per heavy atom. The van der Waals surface area contributed by atoms with Crippen molar-refractivity contribution in [2.24, 2.45) is 0 Å². The fourth-order valence-electron chi connectivity index (χ4n) is 3.08. The predicted octanol–water partition coefficient (Wildman–Crippen LogP) is 1.88. The lowest BCUT2D eigenvalue weighted by Gasteiger charge is -2.31. The van der Waals surface area contributed by atoms with Gasteiger partial charge in [0, 0.05) is 56.6 Å². The summed E-state index contributed by atoms with van der Waals surface area (Å²) in [5, 5.41) is 4.74. The van der Waals surface area contributed by atoms with Crippen molar-refractivity contribution in [3.63, 3.8) is 0 Å². The van der Waals surface area contributed by atoms with Gasteiger partial charge in [-0.05, 0) is 20.8 Å². The predicted molar refractivity (Wildman–Crippen MR) is 84.2 cm³/mol. The fraction of sp³-hybridized carbons (Fsp3) is 0.800. The van der Waals surface area contributed by atoms with Crippen LogP contribution in [0.5, 0.6) is 0 Å². The van der Waals surface area contributed by atoms with E-state index in [2.05, 4.69) is 35.9 Å². The number of thiazole rings is 1. The van der Waals surface area contributed by atoms with Crippen LogP contribution in [0.1, 0.15) is 42.4 Å². The third kappa shape index (κ3) is 2.91. The molecule has 112 valence electrons. The molecule has 5 heteroatoms. The Balaban J connectivity index is 1.73. The zero-order valence-electron chi connectivity index (χ0n) is 12.9. The first-order chi connectivity index (χ1) is 9.65. The maximum Gasteiger partial charge on any atom is 0.110 e. The summed E-state index contributed by atoms with van der Waals surface area (Å²) in [5.41, 5.74) is 1.36. The number of aromatic nitrogens is 1. The van der Waals surface area contributed by atoms with Crippen molar-refractivity contribution < 1.29 is 0 Å². The van der Waals surface area contributed by atoms with Crippen LogP contribution in [0.2, 0.25) is 0 Å². The van der Waals surface area contributed by atoms with Crippen LogP contribution in [-0.2, 0) is 13.0 Å². The first-order valence-electron chi connectivity index (χ1n) is 7.82. The quantitative estimate of drug-likeness (QED) is 0.922. The van der Waals surface area contributed by atoms with Crippen LogP contribution in [0, 0.1) is 0 Å². The number of fused-ring (bicyclic) bond motifs is 1. The minimum absolute atomic E-state index is 0.472. The van der Waals surface area contributed by atoms with Gasteiger partial charge in [-0.1, -0.05) is 0 Å². The van der Waals surface area contributed by atoms with E-state index in [-0.39, 0.29) is 0 Å². The van der Waals surface area contributed by atoms with E-state index in [0.29, 0.717) is 12.1 Å². The van der Waals surface area contributed by atoms with E-state index in [1.54, 1.807) is 0 Å². The molecule has 1 N–H and O–H groups in total. The van der Waals surface area contributed by atoms with Crippen molar-refractivity contribution in [1.82, 2.24) is 20.1 Å². The van der Waals surface area contributed by atoms with Crippen molar-refractivity contribution in [2.45, 2.75) is 45.8 Å². The lowest BCUT2D eigenvalue weighted by molar-refractivity contribution is 0.185. The van der Waals surface area contributed by atoms with Crippen LogP contribution in [0.3, 0.4) is 0 Å². The molecule has 0 amide bonds. The van der Waals surface area contributed by atoms with Gasteiger partial charge in [-0.25, -0.2) is 4.98 Å². The molecule has 4 nitrogen and oxygen atoms in total. The molecular formula is C15H26N4S. The molecule has 0 saturated carbocycles. The Labute approximate surface area is 126 Å². The number of nitrogens with one attached hydrogen (secondary N) is 1. The van der Waals surface area contributed by atoms with Crippen LogP contribution in [-0.4, -0.2) is 53.5 Å². The summed E-state index contributed by atoms with van der Waals surface area (Å²) in [7, 11) is 0. The third-order valence-corrected chi connectivity index (χ3v) is 5.82. The van der Waals surface area contributed by atoms with Crippen molar-refractivity contribution in [3.8, 4) is 0 Å². The van der Waals surface area contributed by atoms with Crippen LogP contribution < -0.4 is 5.32 Å². The van der Waals surface area contributed by atoms with E-state index in [4.69, 9.17) is 4.98 Å². The Morgan fingerprint density at radius 3 is 2.55 bits per heavy atom. The van der Waals surface area contributed by atoms with Crippen molar-refractivity contribution in [2.75, 3.05) is 32.7 Å². The number of piperazine rings is 1. The van der Waals surface area contributed by atoms with E-state index < -0.39 is 0 Å². The van der Waals surface area contributed by atoms with Gasteiger partial charge in [-0.3, -0.25) is 9.80 Å². The second kappa shape index (κ2) is 6.10. The summed E-state index contributed by atoms with van der Waals surface area (Å²) in [5.74, 6) is 0. The highest BCUT2D eigenvalue weighted by molar-refractivity contribution is 7.11. The molecule has 3 rings (SSSR count). The van der Waals surface area contributed by atoms with Gasteiger partial charge < -0.3 is 5.32 Å². The van der Waals surface area contributed by atoms with Crippen LogP contribution in [0.4, 0.5) is 0 Å². The summed E-state index contributed by atoms with van der Waals surface area (Å²) in [4.78, 5) is 11.6. The molecule has 0 aromatic carbocycles. The molecule has 1 aromatic rings. The van der Waals surface area contributed by atoms with Crippen LogP contribution in [0.15, 0.2) is 0 Å². The number of nitrogens with zero attached hydrogens (tertiary/aromatic N) is 3. The SMILES string of the molecule is CC(C)N1CCc2nc(C(C)N3CCNCC3)sc2C1. The highest BCUT2D eigenvalue weighted by Crippen LogP contribution is 2.31. The molecule has 1 unspecified atom stereocenters. The molecule has 0 aliphatic carbocycles. The van der Waals surface area contributed by atoms with Gasteiger partial charge in [0.25, 0.3) is 0 Å². The number of hydrogen-bond acceptors (Lipinski definition) is 5. The highest BCUT2D eigenvalue weighted by atomic mass is 32.1. The summed E-state index contributed by atoms with van der Waals surface area (Å²) < 4.78 is 0. The molecule has 0 spiro atoms. The summed E-state index contributed by atoms with van der Waals surface area (Å²) in [6, 6.07) is 1.11. The third-order valence-electron chi connectivity index (χ3n) is 4.56. The van der Waals surface area contributed by atoms with E-state index in [1.807, 2.05) is 11.3 Å². The monoisotopic (exact) mass is 294 g/mol. The average molecular weight is 294 g/mol. The number of rotatable bonds is 3. The fourth-order valence-corrected chi connectivity index (χ4v) is 4.30. The van der Waals surface area contributed by atoms with Gasteiger partial charge in [0.2, 0.25) is 0 Å².